The largest absolute Gasteiger partial charge is 0.504 e. The van der Waals surface area contributed by atoms with Crippen molar-refractivity contribution < 1.29 is 36.5 Å². The summed E-state index contributed by atoms with van der Waals surface area (Å²) in [5.74, 6) is 0.442. The van der Waals surface area contributed by atoms with Crippen LogP contribution in [0.2, 0.25) is 0 Å². The molecule has 4 aromatic rings. The Morgan fingerprint density at radius 2 is 0.803 bits per heavy atom. The molecule has 1 aliphatic carbocycles. The molecule has 420 valence electrons. The van der Waals surface area contributed by atoms with E-state index in [9.17, 15) is 27.0 Å². The number of nitrogens with zero attached hydrogens (tertiary/aromatic N) is 2. The van der Waals surface area contributed by atoms with Gasteiger partial charge in [0.15, 0.2) is 23.0 Å². The van der Waals surface area contributed by atoms with Gasteiger partial charge in [-0.3, -0.25) is 9.98 Å². The van der Waals surface area contributed by atoms with E-state index < -0.39 is 41.7 Å². The van der Waals surface area contributed by atoms with Gasteiger partial charge < -0.3 is 19.7 Å². The summed E-state index contributed by atoms with van der Waals surface area (Å²) in [5, 5.41) is 22.5. The standard InChI is InChI=1S/C62H92N4O8S2/c1-57(2,3)43-35-45(59(7,8)9)55(46(36-43)60(10,11)12)75(69,70)65-31-23-33-73-51-29-21-25-41(53(51)67)39-63-49-27-19-20-28-50(49)64-40-42-26-22-30-52(54(42)68)74-34-24-32-66-76(71,72)56-47(61(13,14)15)37-44(58(4,5)6)38-48(56)62(16,17)18/h21-22,25-26,29-30,35-40,49-50,65-68H,19-20,23-24,27-28,31-34H2,1-18H3. The van der Waals surface area contributed by atoms with E-state index in [0.29, 0.717) is 33.8 Å². The van der Waals surface area contributed by atoms with Gasteiger partial charge in [0.2, 0.25) is 20.0 Å². The minimum Gasteiger partial charge on any atom is -0.504 e. The van der Waals surface area contributed by atoms with Crippen molar-refractivity contribution in [2.75, 3.05) is 26.3 Å². The summed E-state index contributed by atoms with van der Waals surface area (Å²) in [6.07, 6.45) is 7.61. The number of aromatic hydroxyl groups is 2. The average molecular weight is 1090 g/mol. The van der Waals surface area contributed by atoms with Gasteiger partial charge in [0.25, 0.3) is 0 Å². The maximum atomic E-state index is 14.2. The van der Waals surface area contributed by atoms with E-state index in [1.807, 2.05) is 83.1 Å². The molecule has 5 rings (SSSR count). The molecule has 0 aliphatic heterocycles. The molecule has 2 unspecified atom stereocenters. The molecule has 14 heteroatoms. The Morgan fingerprint density at radius 1 is 0.500 bits per heavy atom. The van der Waals surface area contributed by atoms with Crippen LogP contribution in [0.15, 0.2) is 80.4 Å². The van der Waals surface area contributed by atoms with Crippen LogP contribution >= 0.6 is 0 Å². The lowest BCUT2D eigenvalue weighted by Crippen LogP contribution is -2.33. The number of hydrogen-bond acceptors (Lipinski definition) is 10. The number of hydrogen-bond donors (Lipinski definition) is 4. The zero-order valence-electron chi connectivity index (χ0n) is 49.2. The maximum absolute atomic E-state index is 14.2. The van der Waals surface area contributed by atoms with Gasteiger partial charge in [-0.1, -0.05) is 174 Å². The topological polar surface area (TPSA) is 176 Å². The molecule has 0 bridgehead atoms. The van der Waals surface area contributed by atoms with Crippen molar-refractivity contribution in [2.24, 2.45) is 9.98 Å². The highest BCUT2D eigenvalue weighted by Gasteiger charge is 2.37. The average Bonchev–Trinajstić information content (AvgIpc) is 3.29. The Balaban J connectivity index is 1.19. The second-order valence-electron chi connectivity index (χ2n) is 26.9. The molecule has 4 N–H and O–H groups in total. The first kappa shape index (κ1) is 62.1. The molecule has 4 aromatic carbocycles. The van der Waals surface area contributed by atoms with Crippen LogP contribution in [0.5, 0.6) is 23.0 Å². The van der Waals surface area contributed by atoms with E-state index in [4.69, 9.17) is 19.5 Å². The number of nitrogens with one attached hydrogen (secondary N) is 2. The van der Waals surface area contributed by atoms with Gasteiger partial charge in [0, 0.05) is 36.6 Å². The van der Waals surface area contributed by atoms with Crippen molar-refractivity contribution in [3.8, 4) is 23.0 Å². The van der Waals surface area contributed by atoms with Gasteiger partial charge in [-0.25, -0.2) is 26.3 Å². The highest BCUT2D eigenvalue weighted by Crippen LogP contribution is 2.43. The molecule has 0 aromatic heterocycles. The Morgan fingerprint density at radius 3 is 1.08 bits per heavy atom. The fourth-order valence-corrected chi connectivity index (χ4v) is 13.0. The summed E-state index contributed by atoms with van der Waals surface area (Å²) in [5.41, 5.74) is 4.31. The molecule has 1 saturated carbocycles. The predicted octanol–water partition coefficient (Wildman–Crippen LogP) is 13.2. The molecule has 1 fully saturated rings. The lowest BCUT2D eigenvalue weighted by molar-refractivity contribution is 0.294. The second-order valence-corrected chi connectivity index (χ2v) is 30.3. The molecule has 0 heterocycles. The Labute approximate surface area is 458 Å². The number of rotatable bonds is 18. The van der Waals surface area contributed by atoms with E-state index in [-0.39, 0.29) is 72.2 Å². The van der Waals surface area contributed by atoms with Crippen LogP contribution in [0.4, 0.5) is 0 Å². The summed E-state index contributed by atoms with van der Waals surface area (Å²) in [4.78, 5) is 10.5. The van der Waals surface area contributed by atoms with Crippen LogP contribution in [0.25, 0.3) is 0 Å². The highest BCUT2D eigenvalue weighted by molar-refractivity contribution is 7.90. The summed E-state index contributed by atoms with van der Waals surface area (Å²) in [7, 11) is -7.81. The van der Waals surface area contributed by atoms with Crippen molar-refractivity contribution in [3.05, 3.63) is 105 Å². The van der Waals surface area contributed by atoms with E-state index in [1.165, 1.54) is 0 Å². The number of ether oxygens (including phenoxy) is 2. The van der Waals surface area contributed by atoms with Crippen LogP contribution in [-0.4, -0.2) is 77.9 Å². The monoisotopic (exact) mass is 1080 g/mol. The third kappa shape index (κ3) is 15.9. The zero-order valence-corrected chi connectivity index (χ0v) is 50.8. The number of para-hydroxylation sites is 2. The van der Waals surface area contributed by atoms with Crippen molar-refractivity contribution in [1.82, 2.24) is 9.44 Å². The third-order valence-electron chi connectivity index (χ3n) is 14.0. The van der Waals surface area contributed by atoms with Crippen molar-refractivity contribution in [2.45, 2.75) is 218 Å². The number of aliphatic imine (C=N–C) groups is 2. The minimum absolute atomic E-state index is 0.0549. The summed E-state index contributed by atoms with van der Waals surface area (Å²) in [6, 6.07) is 18.3. The molecular formula is C62H92N4O8S2. The lowest BCUT2D eigenvalue weighted by atomic mass is 9.75. The molecule has 2 atom stereocenters. The third-order valence-corrected chi connectivity index (χ3v) is 17.1. The van der Waals surface area contributed by atoms with Crippen molar-refractivity contribution in [1.29, 1.82) is 0 Å². The van der Waals surface area contributed by atoms with Gasteiger partial charge in [0.05, 0.1) is 35.1 Å². The lowest BCUT2D eigenvalue weighted by Gasteiger charge is -2.33. The van der Waals surface area contributed by atoms with Crippen LogP contribution in [-0.2, 0) is 52.5 Å². The smallest absolute Gasteiger partial charge is 0.241 e. The molecule has 0 radical (unpaired) electrons. The molecule has 0 saturated heterocycles. The Hall–Kier alpha value is -4.76. The van der Waals surface area contributed by atoms with E-state index in [1.54, 1.807) is 48.8 Å². The summed E-state index contributed by atoms with van der Waals surface area (Å²) in [6.45, 7) is 38.1. The zero-order chi connectivity index (χ0) is 57.0. The van der Waals surface area contributed by atoms with Gasteiger partial charge in [-0.05, 0) is 116 Å². The molecule has 76 heavy (non-hydrogen) atoms. The van der Waals surface area contributed by atoms with Gasteiger partial charge >= 0.3 is 0 Å². The summed E-state index contributed by atoms with van der Waals surface area (Å²) >= 11 is 0. The SMILES string of the molecule is CC(C)(C)c1cc(C(C)(C)C)c(S(=O)(=O)NCCCOc2cccc(C=NC3CCCCC3N=Cc3cccc(OCCCNS(=O)(=O)c4c(C(C)(C)C)cc(C(C)(C)C)cc4C(C)(C)C)c3O)c2O)c(C(C)(C)C)c1. The fourth-order valence-electron chi connectivity index (χ4n) is 9.31. The number of phenolic OH excluding ortho intramolecular Hbond substituents is 2. The van der Waals surface area contributed by atoms with Crippen molar-refractivity contribution in [3.63, 3.8) is 0 Å². The van der Waals surface area contributed by atoms with Crippen LogP contribution in [0, 0.1) is 0 Å². The second kappa shape index (κ2) is 23.7. The molecule has 1 aliphatic rings. The first-order chi connectivity index (χ1) is 34.8. The van der Waals surface area contributed by atoms with Gasteiger partial charge in [-0.15, -0.1) is 0 Å². The number of benzene rings is 4. The normalized spacial score (nSPS) is 16.7. The van der Waals surface area contributed by atoms with Crippen LogP contribution in [0.3, 0.4) is 0 Å². The molecule has 0 amide bonds. The summed E-state index contributed by atoms with van der Waals surface area (Å²) < 4.78 is 74.4. The quantitative estimate of drug-likeness (QED) is 0.0562. The highest BCUT2D eigenvalue weighted by atomic mass is 32.2. The van der Waals surface area contributed by atoms with E-state index in [0.717, 1.165) is 59.1 Å². The minimum atomic E-state index is -3.90. The van der Waals surface area contributed by atoms with Gasteiger partial charge in [-0.2, -0.15) is 0 Å². The maximum Gasteiger partial charge on any atom is 0.241 e. The van der Waals surface area contributed by atoms with Crippen LogP contribution < -0.4 is 18.9 Å². The predicted molar refractivity (Wildman–Crippen MR) is 313 cm³/mol. The van der Waals surface area contributed by atoms with E-state index >= 15 is 0 Å². The van der Waals surface area contributed by atoms with E-state index in [2.05, 4.69) is 75.3 Å². The Kier molecular flexibility index (Phi) is 19.3. The first-order valence-corrected chi connectivity index (χ1v) is 30.1. The molecular weight excluding hydrogens is 993 g/mol. The van der Waals surface area contributed by atoms with Gasteiger partial charge in [0.1, 0.15) is 0 Å². The fraction of sp³-hybridized carbons (Fsp3) is 0.581. The number of sulfonamides is 2. The van der Waals surface area contributed by atoms with Crippen molar-refractivity contribution >= 4 is 32.5 Å². The van der Waals surface area contributed by atoms with Crippen LogP contribution in [0.1, 0.15) is 208 Å². The number of phenols is 2. The molecule has 12 nitrogen and oxygen atoms in total. The Bertz CT molecular complexity index is 2680. The first-order valence-electron chi connectivity index (χ1n) is 27.2. The molecule has 0 spiro atoms.